The van der Waals surface area contributed by atoms with Crippen molar-refractivity contribution in [1.29, 1.82) is 0 Å². The van der Waals surface area contributed by atoms with Crippen LogP contribution in [-0.4, -0.2) is 17.5 Å². The van der Waals surface area contributed by atoms with Crippen LogP contribution in [0.1, 0.15) is 17.5 Å². The first-order valence-electron chi connectivity index (χ1n) is 5.24. The number of amides is 1. The van der Waals surface area contributed by atoms with E-state index in [1.807, 2.05) is 6.92 Å². The molecule has 0 aliphatic carbocycles. The van der Waals surface area contributed by atoms with Crippen molar-refractivity contribution in [1.82, 2.24) is 4.98 Å². The zero-order valence-corrected chi connectivity index (χ0v) is 9.34. The Morgan fingerprint density at radius 2 is 2.35 bits per heavy atom. The monoisotopic (exact) mass is 232 g/mol. The molecule has 5 heteroatoms. The molecular weight excluding hydrogens is 220 g/mol. The third-order valence-corrected chi connectivity index (χ3v) is 2.05. The Hall–Kier alpha value is -2.30. The molecule has 1 N–H and O–H groups in total. The Kier molecular flexibility index (Phi) is 3.40. The molecule has 0 spiro atoms. The molecular formula is C12H12N2O3. The van der Waals surface area contributed by atoms with E-state index in [0.29, 0.717) is 18.2 Å². The van der Waals surface area contributed by atoms with Gasteiger partial charge < -0.3 is 14.5 Å². The summed E-state index contributed by atoms with van der Waals surface area (Å²) in [7, 11) is 0. The molecule has 2 heterocycles. The molecule has 2 aromatic heterocycles. The topological polar surface area (TPSA) is 64.4 Å². The summed E-state index contributed by atoms with van der Waals surface area (Å²) >= 11 is 0. The Morgan fingerprint density at radius 3 is 3.06 bits per heavy atom. The van der Waals surface area contributed by atoms with Crippen molar-refractivity contribution >= 4 is 11.6 Å². The quantitative estimate of drug-likeness (QED) is 0.878. The van der Waals surface area contributed by atoms with Crippen LogP contribution in [0.25, 0.3) is 0 Å². The fourth-order valence-electron chi connectivity index (χ4n) is 1.33. The molecule has 2 aromatic rings. The summed E-state index contributed by atoms with van der Waals surface area (Å²) < 4.78 is 10.3. The number of rotatable bonds is 4. The van der Waals surface area contributed by atoms with E-state index >= 15 is 0 Å². The van der Waals surface area contributed by atoms with Crippen molar-refractivity contribution in [2.75, 3.05) is 11.9 Å². The van der Waals surface area contributed by atoms with Gasteiger partial charge >= 0.3 is 0 Å². The van der Waals surface area contributed by atoms with Gasteiger partial charge in [-0.3, -0.25) is 4.79 Å². The summed E-state index contributed by atoms with van der Waals surface area (Å²) in [6, 6.07) is 6.69. The summed E-state index contributed by atoms with van der Waals surface area (Å²) in [5, 5.41) is 2.68. The van der Waals surface area contributed by atoms with E-state index in [-0.39, 0.29) is 11.7 Å². The molecule has 17 heavy (non-hydrogen) atoms. The van der Waals surface area contributed by atoms with Crippen LogP contribution in [0.5, 0.6) is 5.88 Å². The Morgan fingerprint density at radius 1 is 1.47 bits per heavy atom. The SMILES string of the molecule is CCOc1ncccc1NC(=O)c1ccco1. The highest BCUT2D eigenvalue weighted by atomic mass is 16.5. The first-order chi connectivity index (χ1) is 8.31. The zero-order chi connectivity index (χ0) is 12.1. The van der Waals surface area contributed by atoms with Gasteiger partial charge in [-0.1, -0.05) is 0 Å². The lowest BCUT2D eigenvalue weighted by Gasteiger charge is -2.08. The van der Waals surface area contributed by atoms with Crippen LogP contribution in [-0.2, 0) is 0 Å². The fourth-order valence-corrected chi connectivity index (χ4v) is 1.33. The van der Waals surface area contributed by atoms with Crippen LogP contribution >= 0.6 is 0 Å². The second-order valence-electron chi connectivity index (χ2n) is 3.22. The number of nitrogens with one attached hydrogen (secondary N) is 1. The van der Waals surface area contributed by atoms with E-state index in [0.717, 1.165) is 0 Å². The largest absolute Gasteiger partial charge is 0.476 e. The minimum Gasteiger partial charge on any atom is -0.476 e. The number of carbonyl (C=O) groups excluding carboxylic acids is 1. The molecule has 0 fully saturated rings. The highest BCUT2D eigenvalue weighted by Gasteiger charge is 2.12. The van der Waals surface area contributed by atoms with Crippen molar-refractivity contribution < 1.29 is 13.9 Å². The molecule has 0 aliphatic rings. The molecule has 0 aliphatic heterocycles. The summed E-state index contributed by atoms with van der Waals surface area (Å²) in [6.07, 6.45) is 3.05. The number of pyridine rings is 1. The Balaban J connectivity index is 2.15. The van der Waals surface area contributed by atoms with Gasteiger partial charge in [0.15, 0.2) is 5.76 Å². The first-order valence-corrected chi connectivity index (χ1v) is 5.24. The number of carbonyl (C=O) groups is 1. The van der Waals surface area contributed by atoms with Crippen LogP contribution in [0, 0.1) is 0 Å². The van der Waals surface area contributed by atoms with Gasteiger partial charge in [0.05, 0.1) is 12.9 Å². The summed E-state index contributed by atoms with van der Waals surface area (Å²) in [5.41, 5.74) is 0.524. The van der Waals surface area contributed by atoms with E-state index in [9.17, 15) is 4.79 Å². The van der Waals surface area contributed by atoms with Gasteiger partial charge in [-0.05, 0) is 31.2 Å². The van der Waals surface area contributed by atoms with Crippen LogP contribution in [0.3, 0.4) is 0 Å². The second-order valence-corrected chi connectivity index (χ2v) is 3.22. The molecule has 5 nitrogen and oxygen atoms in total. The molecule has 2 rings (SSSR count). The number of hydrogen-bond donors (Lipinski definition) is 1. The predicted octanol–water partition coefficient (Wildman–Crippen LogP) is 2.33. The van der Waals surface area contributed by atoms with Crippen molar-refractivity contribution in [2.24, 2.45) is 0 Å². The van der Waals surface area contributed by atoms with E-state index in [1.165, 1.54) is 6.26 Å². The van der Waals surface area contributed by atoms with Crippen molar-refractivity contribution in [3.63, 3.8) is 0 Å². The number of aromatic nitrogens is 1. The smallest absolute Gasteiger partial charge is 0.291 e. The summed E-state index contributed by atoms with van der Waals surface area (Å²) in [5.74, 6) is 0.315. The molecule has 1 amide bonds. The van der Waals surface area contributed by atoms with Crippen molar-refractivity contribution in [2.45, 2.75) is 6.92 Å². The summed E-state index contributed by atoms with van der Waals surface area (Å²) in [4.78, 5) is 15.8. The Labute approximate surface area is 98.4 Å². The van der Waals surface area contributed by atoms with Crippen LogP contribution in [0.2, 0.25) is 0 Å². The van der Waals surface area contributed by atoms with Gasteiger partial charge in [0, 0.05) is 6.20 Å². The fraction of sp³-hybridized carbons (Fsp3) is 0.167. The average Bonchev–Trinajstić information content (AvgIpc) is 2.85. The molecule has 0 aromatic carbocycles. The molecule has 0 bridgehead atoms. The van der Waals surface area contributed by atoms with E-state index < -0.39 is 0 Å². The standard InChI is InChI=1S/C12H12N2O3/c1-2-16-12-9(5-3-7-13-12)14-11(15)10-6-4-8-17-10/h3-8H,2H2,1H3,(H,14,15). The van der Waals surface area contributed by atoms with Crippen LogP contribution in [0.15, 0.2) is 41.1 Å². The lowest BCUT2D eigenvalue weighted by atomic mass is 10.3. The van der Waals surface area contributed by atoms with Gasteiger partial charge in [0.2, 0.25) is 5.88 Å². The van der Waals surface area contributed by atoms with Crippen molar-refractivity contribution in [3.05, 3.63) is 42.5 Å². The predicted molar refractivity (Wildman–Crippen MR) is 62.1 cm³/mol. The molecule has 0 atom stereocenters. The average molecular weight is 232 g/mol. The van der Waals surface area contributed by atoms with Gasteiger partial charge in [0.1, 0.15) is 5.69 Å². The third kappa shape index (κ3) is 2.63. The lowest BCUT2D eigenvalue weighted by Crippen LogP contribution is -2.12. The highest BCUT2D eigenvalue weighted by Crippen LogP contribution is 2.21. The maximum Gasteiger partial charge on any atom is 0.291 e. The highest BCUT2D eigenvalue weighted by molar-refractivity contribution is 6.02. The number of nitrogens with zero attached hydrogens (tertiary/aromatic N) is 1. The molecule has 0 saturated carbocycles. The number of ether oxygens (including phenoxy) is 1. The second kappa shape index (κ2) is 5.16. The van der Waals surface area contributed by atoms with Crippen molar-refractivity contribution in [3.8, 4) is 5.88 Å². The van der Waals surface area contributed by atoms with E-state index in [2.05, 4.69) is 10.3 Å². The minimum absolute atomic E-state index is 0.247. The van der Waals surface area contributed by atoms with E-state index in [4.69, 9.17) is 9.15 Å². The van der Waals surface area contributed by atoms with Gasteiger partial charge in [-0.25, -0.2) is 4.98 Å². The maximum absolute atomic E-state index is 11.7. The van der Waals surface area contributed by atoms with E-state index in [1.54, 1.807) is 30.5 Å². The van der Waals surface area contributed by atoms with Gasteiger partial charge in [-0.15, -0.1) is 0 Å². The van der Waals surface area contributed by atoms with Crippen LogP contribution in [0.4, 0.5) is 5.69 Å². The normalized spacial score (nSPS) is 9.94. The number of furan rings is 1. The minimum atomic E-state index is -0.330. The summed E-state index contributed by atoms with van der Waals surface area (Å²) in [6.45, 7) is 2.34. The Bertz CT molecular complexity index is 494. The maximum atomic E-state index is 11.7. The number of hydrogen-bond acceptors (Lipinski definition) is 4. The zero-order valence-electron chi connectivity index (χ0n) is 9.34. The van der Waals surface area contributed by atoms with Gasteiger partial charge in [0.25, 0.3) is 5.91 Å². The first kappa shape index (κ1) is 11.2. The molecule has 0 unspecified atom stereocenters. The third-order valence-electron chi connectivity index (χ3n) is 2.05. The molecule has 88 valence electrons. The van der Waals surface area contributed by atoms with Crippen LogP contribution < -0.4 is 10.1 Å². The number of anilines is 1. The lowest BCUT2D eigenvalue weighted by molar-refractivity contribution is 0.0996. The van der Waals surface area contributed by atoms with Gasteiger partial charge in [-0.2, -0.15) is 0 Å². The molecule has 0 radical (unpaired) electrons. The molecule has 0 saturated heterocycles.